The van der Waals surface area contributed by atoms with Crippen molar-refractivity contribution in [2.75, 3.05) is 13.1 Å². The van der Waals surface area contributed by atoms with Gasteiger partial charge in [0.25, 0.3) is 0 Å². The quantitative estimate of drug-likeness (QED) is 0.599. The molecule has 1 aliphatic rings. The van der Waals surface area contributed by atoms with E-state index < -0.39 is 0 Å². The molecule has 1 aromatic rings. The van der Waals surface area contributed by atoms with Crippen LogP contribution in [0.4, 0.5) is 0 Å². The molecule has 100 valence electrons. The van der Waals surface area contributed by atoms with Crippen molar-refractivity contribution in [2.45, 2.75) is 39.8 Å². The third-order valence-electron chi connectivity index (χ3n) is 3.72. The number of hydrogen-bond donors (Lipinski definition) is 2. The lowest BCUT2D eigenvalue weighted by molar-refractivity contribution is 0.207. The van der Waals surface area contributed by atoms with Gasteiger partial charge >= 0.3 is 0 Å². The van der Waals surface area contributed by atoms with Crippen LogP contribution in [0.2, 0.25) is 0 Å². The second kappa shape index (κ2) is 5.06. The van der Waals surface area contributed by atoms with Gasteiger partial charge < -0.3 is 10.3 Å². The molecule has 0 fully saturated rings. The average molecular weight is 250 g/mol. The van der Waals surface area contributed by atoms with Crippen molar-refractivity contribution in [3.63, 3.8) is 0 Å². The first-order valence-corrected chi connectivity index (χ1v) is 6.42. The standard InChI is InChI=1S/C12H22N6/c1-12(2,11(13)14)4-3-5-17-6-7-18-9-15-16-10(18)8-17/h9H,3-8H2,1-2H3,(H3,13,14). The van der Waals surface area contributed by atoms with Crippen molar-refractivity contribution in [2.24, 2.45) is 11.1 Å². The summed E-state index contributed by atoms with van der Waals surface area (Å²) in [6, 6.07) is 0. The van der Waals surface area contributed by atoms with Gasteiger partial charge in [-0.15, -0.1) is 10.2 Å². The molecule has 3 N–H and O–H groups in total. The lowest BCUT2D eigenvalue weighted by Gasteiger charge is -2.29. The van der Waals surface area contributed by atoms with Gasteiger partial charge in [-0.25, -0.2) is 0 Å². The summed E-state index contributed by atoms with van der Waals surface area (Å²) in [6.07, 6.45) is 3.80. The van der Waals surface area contributed by atoms with Crippen LogP contribution in [0.25, 0.3) is 0 Å². The maximum Gasteiger partial charge on any atom is 0.147 e. The summed E-state index contributed by atoms with van der Waals surface area (Å²) in [5, 5.41) is 15.6. The number of rotatable bonds is 5. The Hall–Kier alpha value is -1.43. The molecule has 6 nitrogen and oxygen atoms in total. The third-order valence-corrected chi connectivity index (χ3v) is 3.72. The minimum Gasteiger partial charge on any atom is -0.387 e. The number of amidine groups is 1. The number of nitrogens with two attached hydrogens (primary N) is 1. The number of nitrogens with one attached hydrogen (secondary N) is 1. The van der Waals surface area contributed by atoms with Crippen molar-refractivity contribution in [3.8, 4) is 0 Å². The first kappa shape index (κ1) is 13.0. The fraction of sp³-hybridized carbons (Fsp3) is 0.750. The van der Waals surface area contributed by atoms with Crippen LogP contribution in [-0.4, -0.2) is 38.6 Å². The summed E-state index contributed by atoms with van der Waals surface area (Å²) < 4.78 is 2.11. The molecular weight excluding hydrogens is 228 g/mol. The maximum atomic E-state index is 7.54. The normalized spacial score (nSPS) is 16.6. The number of aromatic nitrogens is 3. The first-order chi connectivity index (χ1) is 8.49. The fourth-order valence-corrected chi connectivity index (χ4v) is 2.19. The monoisotopic (exact) mass is 250 g/mol. The lowest BCUT2D eigenvalue weighted by Crippen LogP contribution is -2.36. The van der Waals surface area contributed by atoms with E-state index in [1.807, 2.05) is 13.8 Å². The molecule has 18 heavy (non-hydrogen) atoms. The van der Waals surface area contributed by atoms with E-state index in [1.165, 1.54) is 0 Å². The second-order valence-electron chi connectivity index (χ2n) is 5.62. The molecular formula is C12H22N6. The van der Waals surface area contributed by atoms with E-state index in [0.717, 1.165) is 44.8 Å². The van der Waals surface area contributed by atoms with Crippen LogP contribution in [0.1, 0.15) is 32.5 Å². The Balaban J connectivity index is 1.78. The molecule has 0 spiro atoms. The molecule has 0 aliphatic carbocycles. The van der Waals surface area contributed by atoms with Crippen LogP contribution >= 0.6 is 0 Å². The Morgan fingerprint density at radius 1 is 1.50 bits per heavy atom. The van der Waals surface area contributed by atoms with Gasteiger partial charge in [-0.2, -0.15) is 0 Å². The molecule has 0 unspecified atom stereocenters. The van der Waals surface area contributed by atoms with Crippen molar-refractivity contribution >= 4 is 5.84 Å². The van der Waals surface area contributed by atoms with Crippen LogP contribution in [0, 0.1) is 10.8 Å². The Bertz CT molecular complexity index is 422. The number of fused-ring (bicyclic) bond motifs is 1. The largest absolute Gasteiger partial charge is 0.387 e. The number of nitrogens with zero attached hydrogens (tertiary/aromatic N) is 4. The smallest absolute Gasteiger partial charge is 0.147 e. The van der Waals surface area contributed by atoms with Gasteiger partial charge in [-0.3, -0.25) is 10.3 Å². The minimum absolute atomic E-state index is 0.185. The Morgan fingerprint density at radius 2 is 2.28 bits per heavy atom. The summed E-state index contributed by atoms with van der Waals surface area (Å²) in [5.41, 5.74) is 5.40. The predicted molar refractivity (Wildman–Crippen MR) is 70.2 cm³/mol. The zero-order valence-electron chi connectivity index (χ0n) is 11.2. The summed E-state index contributed by atoms with van der Waals surface area (Å²) in [7, 11) is 0. The molecule has 6 heteroatoms. The van der Waals surface area contributed by atoms with Crippen LogP contribution in [0.5, 0.6) is 0 Å². The van der Waals surface area contributed by atoms with E-state index in [4.69, 9.17) is 11.1 Å². The molecule has 0 atom stereocenters. The van der Waals surface area contributed by atoms with Crippen LogP contribution in [-0.2, 0) is 13.1 Å². The van der Waals surface area contributed by atoms with Crippen molar-refractivity contribution in [1.82, 2.24) is 19.7 Å². The molecule has 0 radical (unpaired) electrons. The Labute approximate surface area is 108 Å². The van der Waals surface area contributed by atoms with Crippen LogP contribution < -0.4 is 5.73 Å². The van der Waals surface area contributed by atoms with Crippen LogP contribution in [0.15, 0.2) is 6.33 Å². The minimum atomic E-state index is -0.185. The van der Waals surface area contributed by atoms with E-state index in [9.17, 15) is 0 Å². The zero-order valence-corrected chi connectivity index (χ0v) is 11.2. The van der Waals surface area contributed by atoms with Gasteiger partial charge in [0.1, 0.15) is 12.2 Å². The zero-order chi connectivity index (χ0) is 13.2. The van der Waals surface area contributed by atoms with E-state index in [-0.39, 0.29) is 11.3 Å². The van der Waals surface area contributed by atoms with Gasteiger partial charge in [0, 0.05) is 18.5 Å². The highest BCUT2D eigenvalue weighted by molar-refractivity contribution is 5.82. The van der Waals surface area contributed by atoms with Gasteiger partial charge in [-0.05, 0) is 19.4 Å². The van der Waals surface area contributed by atoms with Crippen molar-refractivity contribution in [3.05, 3.63) is 12.2 Å². The third kappa shape index (κ3) is 2.87. The molecule has 0 bridgehead atoms. The van der Waals surface area contributed by atoms with Gasteiger partial charge in [-0.1, -0.05) is 13.8 Å². The fourth-order valence-electron chi connectivity index (χ4n) is 2.19. The highest BCUT2D eigenvalue weighted by Crippen LogP contribution is 2.22. The summed E-state index contributed by atoms with van der Waals surface area (Å²) in [4.78, 5) is 2.39. The summed E-state index contributed by atoms with van der Waals surface area (Å²) in [5.74, 6) is 1.33. The molecule has 0 aromatic carbocycles. The summed E-state index contributed by atoms with van der Waals surface area (Å²) >= 11 is 0. The highest BCUT2D eigenvalue weighted by atomic mass is 15.3. The first-order valence-electron chi connectivity index (χ1n) is 6.42. The summed E-state index contributed by atoms with van der Waals surface area (Å²) in [6.45, 7) is 7.98. The lowest BCUT2D eigenvalue weighted by atomic mass is 9.86. The second-order valence-corrected chi connectivity index (χ2v) is 5.62. The molecule has 1 aromatic heterocycles. The van der Waals surface area contributed by atoms with E-state index >= 15 is 0 Å². The van der Waals surface area contributed by atoms with Gasteiger partial charge in [0.2, 0.25) is 0 Å². The Kier molecular flexibility index (Phi) is 3.65. The molecule has 0 saturated heterocycles. The van der Waals surface area contributed by atoms with Crippen LogP contribution in [0.3, 0.4) is 0 Å². The van der Waals surface area contributed by atoms with Crippen molar-refractivity contribution < 1.29 is 0 Å². The SMILES string of the molecule is CC(C)(CCCN1CCn2cnnc2C1)C(=N)N. The highest BCUT2D eigenvalue weighted by Gasteiger charge is 2.22. The molecule has 2 rings (SSSR count). The van der Waals surface area contributed by atoms with Gasteiger partial charge in [0.05, 0.1) is 12.4 Å². The molecule has 2 heterocycles. The predicted octanol–water partition coefficient (Wildman–Crippen LogP) is 0.836. The molecule has 0 amide bonds. The van der Waals surface area contributed by atoms with E-state index in [2.05, 4.69) is 19.7 Å². The topological polar surface area (TPSA) is 83.8 Å². The van der Waals surface area contributed by atoms with E-state index in [1.54, 1.807) is 6.33 Å². The maximum absolute atomic E-state index is 7.54. The molecule has 0 saturated carbocycles. The van der Waals surface area contributed by atoms with E-state index in [0.29, 0.717) is 0 Å². The Morgan fingerprint density at radius 3 is 3.00 bits per heavy atom. The van der Waals surface area contributed by atoms with Crippen molar-refractivity contribution in [1.29, 1.82) is 5.41 Å². The molecule has 1 aliphatic heterocycles. The average Bonchev–Trinajstić information content (AvgIpc) is 2.75. The number of hydrogen-bond acceptors (Lipinski definition) is 4. The van der Waals surface area contributed by atoms with Gasteiger partial charge in [0.15, 0.2) is 0 Å².